The zero-order chi connectivity index (χ0) is 15.0. The van der Waals surface area contributed by atoms with Crippen molar-refractivity contribution in [1.82, 2.24) is 10.2 Å². The van der Waals surface area contributed by atoms with Gasteiger partial charge in [-0.3, -0.25) is 0 Å². The van der Waals surface area contributed by atoms with Gasteiger partial charge >= 0.3 is 12.0 Å². The summed E-state index contributed by atoms with van der Waals surface area (Å²) in [5, 5.41) is 11.7. The van der Waals surface area contributed by atoms with Crippen LogP contribution in [0.1, 0.15) is 33.6 Å². The first kappa shape index (κ1) is 18.1. The van der Waals surface area contributed by atoms with Crippen molar-refractivity contribution < 1.29 is 14.7 Å². The minimum atomic E-state index is -0.979. The molecule has 1 unspecified atom stereocenters. The Morgan fingerprint density at radius 3 is 2.32 bits per heavy atom. The van der Waals surface area contributed by atoms with Gasteiger partial charge < -0.3 is 15.3 Å². The van der Waals surface area contributed by atoms with E-state index >= 15 is 0 Å². The van der Waals surface area contributed by atoms with Gasteiger partial charge in [-0.15, -0.1) is 0 Å². The predicted molar refractivity (Wildman–Crippen MR) is 79.6 cm³/mol. The second kappa shape index (κ2) is 9.07. The second-order valence-corrected chi connectivity index (χ2v) is 6.20. The van der Waals surface area contributed by atoms with Crippen LogP contribution in [0.3, 0.4) is 0 Å². The Bertz CT molecular complexity index is 298. The van der Waals surface area contributed by atoms with Crippen LogP contribution in [0.4, 0.5) is 4.79 Å². The van der Waals surface area contributed by atoms with Crippen LogP contribution in [-0.4, -0.2) is 53.1 Å². The van der Waals surface area contributed by atoms with Crippen LogP contribution >= 0.6 is 11.8 Å². The van der Waals surface area contributed by atoms with Crippen molar-refractivity contribution in [2.45, 2.75) is 45.7 Å². The Morgan fingerprint density at radius 1 is 1.32 bits per heavy atom. The summed E-state index contributed by atoms with van der Waals surface area (Å²) in [5.74, 6) is 0.223. The molecule has 0 aromatic heterocycles. The summed E-state index contributed by atoms with van der Waals surface area (Å²) >= 11 is 1.73. The summed E-state index contributed by atoms with van der Waals surface area (Å²) < 4.78 is 0. The topological polar surface area (TPSA) is 69.6 Å². The molecule has 0 fully saturated rings. The number of thioether (sulfide) groups is 1. The number of carbonyl (C=O) groups excluding carboxylic acids is 1. The maximum absolute atomic E-state index is 12.0. The minimum absolute atomic E-state index is 0.0981. The zero-order valence-electron chi connectivity index (χ0n) is 12.5. The fraction of sp³-hybridized carbons (Fsp3) is 0.846. The molecule has 0 aliphatic carbocycles. The normalized spacial score (nSPS) is 14.0. The highest BCUT2D eigenvalue weighted by molar-refractivity contribution is 7.98. The van der Waals surface area contributed by atoms with E-state index in [1.807, 2.05) is 27.0 Å². The Balaban J connectivity index is 4.42. The Labute approximate surface area is 120 Å². The molecule has 5 nitrogen and oxygen atoms in total. The lowest BCUT2D eigenvalue weighted by Gasteiger charge is -2.27. The summed E-state index contributed by atoms with van der Waals surface area (Å²) in [6, 6.07) is -1.04. The molecule has 0 saturated carbocycles. The maximum Gasteiger partial charge on any atom is 0.326 e. The van der Waals surface area contributed by atoms with Gasteiger partial charge in [0.1, 0.15) is 6.04 Å². The lowest BCUT2D eigenvalue weighted by Crippen LogP contribution is -2.49. The van der Waals surface area contributed by atoms with Gasteiger partial charge in [-0.1, -0.05) is 13.8 Å². The molecule has 0 saturated heterocycles. The molecule has 0 heterocycles. The van der Waals surface area contributed by atoms with Gasteiger partial charge in [0.25, 0.3) is 0 Å². The molecule has 112 valence electrons. The summed E-state index contributed by atoms with van der Waals surface area (Å²) in [5.41, 5.74) is 0. The van der Waals surface area contributed by atoms with E-state index < -0.39 is 12.0 Å². The lowest BCUT2D eigenvalue weighted by molar-refractivity contribution is -0.139. The molecule has 0 aliphatic rings. The molecular weight excluding hydrogens is 264 g/mol. The highest BCUT2D eigenvalue weighted by Crippen LogP contribution is 2.09. The van der Waals surface area contributed by atoms with Gasteiger partial charge in [-0.25, -0.2) is 9.59 Å². The minimum Gasteiger partial charge on any atom is -0.480 e. The number of hydrogen-bond acceptors (Lipinski definition) is 3. The molecular formula is C13H26N2O3S. The average molecular weight is 290 g/mol. The van der Waals surface area contributed by atoms with Gasteiger partial charge in [0.15, 0.2) is 0 Å². The van der Waals surface area contributed by atoms with E-state index in [-0.39, 0.29) is 18.0 Å². The van der Waals surface area contributed by atoms with Crippen molar-refractivity contribution in [3.8, 4) is 0 Å². The number of aliphatic carboxylic acids is 1. The van der Waals surface area contributed by atoms with Crippen molar-refractivity contribution in [2.75, 3.05) is 19.1 Å². The number of nitrogens with one attached hydrogen (secondary N) is 1. The number of carboxylic acids is 1. The van der Waals surface area contributed by atoms with E-state index in [0.29, 0.717) is 6.42 Å². The van der Waals surface area contributed by atoms with Crippen LogP contribution in [0.25, 0.3) is 0 Å². The number of amides is 2. The third-order valence-corrected chi connectivity index (χ3v) is 3.67. The van der Waals surface area contributed by atoms with E-state index in [4.69, 9.17) is 5.11 Å². The second-order valence-electron chi connectivity index (χ2n) is 5.21. The van der Waals surface area contributed by atoms with Crippen molar-refractivity contribution in [1.29, 1.82) is 0 Å². The summed E-state index contributed by atoms with van der Waals surface area (Å²) in [7, 11) is 1.70. The summed E-state index contributed by atoms with van der Waals surface area (Å²) in [4.78, 5) is 24.7. The van der Waals surface area contributed by atoms with Crippen LogP contribution in [-0.2, 0) is 4.79 Å². The third-order valence-electron chi connectivity index (χ3n) is 3.02. The first-order chi connectivity index (χ1) is 8.79. The quantitative estimate of drug-likeness (QED) is 0.719. The molecule has 2 amide bonds. The van der Waals surface area contributed by atoms with Crippen molar-refractivity contribution in [2.24, 2.45) is 5.92 Å². The molecule has 0 aliphatic heterocycles. The summed E-state index contributed by atoms with van der Waals surface area (Å²) in [6.45, 7) is 5.84. The molecule has 0 aromatic rings. The fourth-order valence-electron chi connectivity index (χ4n) is 1.63. The first-order valence-corrected chi connectivity index (χ1v) is 7.94. The van der Waals surface area contributed by atoms with Crippen LogP contribution in [0.5, 0.6) is 0 Å². The monoisotopic (exact) mass is 290 g/mol. The zero-order valence-corrected chi connectivity index (χ0v) is 13.3. The number of rotatable bonds is 8. The smallest absolute Gasteiger partial charge is 0.326 e. The van der Waals surface area contributed by atoms with Crippen LogP contribution in [0, 0.1) is 5.92 Å². The number of carboxylic acid groups (broad SMARTS) is 1. The van der Waals surface area contributed by atoms with Crippen LogP contribution < -0.4 is 5.32 Å². The lowest BCUT2D eigenvalue weighted by atomic mass is 10.0. The molecule has 2 N–H and O–H groups in total. The van der Waals surface area contributed by atoms with Gasteiger partial charge in [0, 0.05) is 13.1 Å². The SMILES string of the molecule is CSCCC(C)N(C)C(=O)N[C@@H](CC(C)C)C(=O)O. The van der Waals surface area contributed by atoms with E-state index in [1.54, 1.807) is 23.7 Å². The molecule has 0 spiro atoms. The fourth-order valence-corrected chi connectivity index (χ4v) is 2.20. The molecule has 0 rings (SSSR count). The maximum atomic E-state index is 12.0. The van der Waals surface area contributed by atoms with Crippen LogP contribution in [0.15, 0.2) is 0 Å². The van der Waals surface area contributed by atoms with Gasteiger partial charge in [-0.05, 0) is 37.7 Å². The van der Waals surface area contributed by atoms with Gasteiger partial charge in [0.2, 0.25) is 0 Å². The predicted octanol–water partition coefficient (Wildman–Crippen LogP) is 2.27. The van der Waals surface area contributed by atoms with E-state index in [9.17, 15) is 9.59 Å². The Kier molecular flexibility index (Phi) is 8.63. The third kappa shape index (κ3) is 7.30. The number of nitrogens with zero attached hydrogens (tertiary/aromatic N) is 1. The average Bonchev–Trinajstić information content (AvgIpc) is 2.33. The molecule has 2 atom stereocenters. The number of urea groups is 1. The van der Waals surface area contributed by atoms with Crippen LogP contribution in [0.2, 0.25) is 0 Å². The largest absolute Gasteiger partial charge is 0.480 e. The standard InChI is InChI=1S/C13H26N2O3S/c1-9(2)8-11(12(16)17)14-13(18)15(4)10(3)6-7-19-5/h9-11H,6-8H2,1-5H3,(H,14,18)(H,16,17)/t10?,11-/m0/s1. The molecule has 6 heteroatoms. The van der Waals surface area contributed by atoms with E-state index in [2.05, 4.69) is 5.32 Å². The van der Waals surface area contributed by atoms with Crippen molar-refractivity contribution in [3.63, 3.8) is 0 Å². The highest BCUT2D eigenvalue weighted by atomic mass is 32.2. The molecule has 0 bridgehead atoms. The van der Waals surface area contributed by atoms with E-state index in [0.717, 1.165) is 12.2 Å². The Morgan fingerprint density at radius 2 is 1.89 bits per heavy atom. The van der Waals surface area contributed by atoms with Crippen molar-refractivity contribution >= 4 is 23.8 Å². The Hall–Kier alpha value is -0.910. The number of carbonyl (C=O) groups is 2. The molecule has 19 heavy (non-hydrogen) atoms. The highest BCUT2D eigenvalue weighted by Gasteiger charge is 2.24. The van der Waals surface area contributed by atoms with E-state index in [1.165, 1.54) is 0 Å². The molecule has 0 aromatic carbocycles. The number of hydrogen-bond donors (Lipinski definition) is 2. The summed E-state index contributed by atoms with van der Waals surface area (Å²) in [6.07, 6.45) is 3.36. The van der Waals surface area contributed by atoms with Crippen molar-refractivity contribution in [3.05, 3.63) is 0 Å². The molecule has 0 radical (unpaired) electrons. The first-order valence-electron chi connectivity index (χ1n) is 6.54. The van der Waals surface area contributed by atoms with Gasteiger partial charge in [0.05, 0.1) is 0 Å². The van der Waals surface area contributed by atoms with Gasteiger partial charge in [-0.2, -0.15) is 11.8 Å².